The van der Waals surface area contributed by atoms with E-state index in [-0.39, 0.29) is 5.91 Å². The van der Waals surface area contributed by atoms with E-state index in [1.165, 1.54) is 11.8 Å². The van der Waals surface area contributed by atoms with E-state index in [4.69, 9.17) is 16.3 Å². The summed E-state index contributed by atoms with van der Waals surface area (Å²) in [6.45, 7) is 5.08. The van der Waals surface area contributed by atoms with E-state index >= 15 is 0 Å². The van der Waals surface area contributed by atoms with Crippen molar-refractivity contribution in [3.8, 4) is 0 Å². The van der Waals surface area contributed by atoms with Crippen molar-refractivity contribution < 1.29 is 9.53 Å². The third-order valence-corrected chi connectivity index (χ3v) is 4.30. The van der Waals surface area contributed by atoms with Crippen LogP contribution in [0.15, 0.2) is 29.2 Å². The van der Waals surface area contributed by atoms with Gasteiger partial charge in [-0.3, -0.25) is 9.69 Å². The maximum absolute atomic E-state index is 11.7. The van der Waals surface area contributed by atoms with Gasteiger partial charge in [-0.15, -0.1) is 11.8 Å². The van der Waals surface area contributed by atoms with Crippen LogP contribution in [0.2, 0.25) is 5.02 Å². The van der Waals surface area contributed by atoms with E-state index in [1.54, 1.807) is 0 Å². The summed E-state index contributed by atoms with van der Waals surface area (Å²) < 4.78 is 5.28. The van der Waals surface area contributed by atoms with Crippen LogP contribution in [0, 0.1) is 0 Å². The molecular weight excluding hydrogens is 296 g/mol. The van der Waals surface area contributed by atoms with Gasteiger partial charge in [-0.1, -0.05) is 11.6 Å². The van der Waals surface area contributed by atoms with Crippen molar-refractivity contribution in [2.45, 2.75) is 4.90 Å². The predicted octanol–water partition coefficient (Wildman–Crippen LogP) is 1.88. The normalized spacial score (nSPS) is 16.1. The minimum Gasteiger partial charge on any atom is -0.379 e. The van der Waals surface area contributed by atoms with Gasteiger partial charge in [0.2, 0.25) is 5.91 Å². The van der Waals surface area contributed by atoms with Crippen LogP contribution in [0.1, 0.15) is 0 Å². The molecule has 1 fully saturated rings. The number of rotatable bonds is 6. The summed E-state index contributed by atoms with van der Waals surface area (Å²) >= 11 is 7.33. The zero-order chi connectivity index (χ0) is 14.2. The Kier molecular flexibility index (Phi) is 6.66. The Labute approximate surface area is 128 Å². The second-order valence-electron chi connectivity index (χ2n) is 4.55. The Balaban J connectivity index is 1.59. The molecule has 0 aromatic heterocycles. The minimum atomic E-state index is 0.0678. The maximum atomic E-state index is 11.7. The number of thioether (sulfide) groups is 1. The molecule has 0 spiro atoms. The molecule has 1 amide bonds. The summed E-state index contributed by atoms with van der Waals surface area (Å²) in [5, 5.41) is 3.66. The number of carbonyl (C=O) groups excluding carboxylic acids is 1. The molecule has 1 aromatic carbocycles. The smallest absolute Gasteiger partial charge is 0.230 e. The van der Waals surface area contributed by atoms with Gasteiger partial charge in [0.05, 0.1) is 19.0 Å². The molecule has 1 heterocycles. The molecule has 1 aliphatic rings. The van der Waals surface area contributed by atoms with Crippen LogP contribution in [0.5, 0.6) is 0 Å². The number of hydrogen-bond acceptors (Lipinski definition) is 4. The lowest BCUT2D eigenvalue weighted by atomic mass is 10.4. The fraction of sp³-hybridized carbons (Fsp3) is 0.500. The molecule has 1 saturated heterocycles. The van der Waals surface area contributed by atoms with Crippen molar-refractivity contribution >= 4 is 29.3 Å². The number of halogens is 1. The Morgan fingerprint density at radius 1 is 1.30 bits per heavy atom. The number of amides is 1. The van der Waals surface area contributed by atoms with Gasteiger partial charge < -0.3 is 10.1 Å². The minimum absolute atomic E-state index is 0.0678. The molecule has 110 valence electrons. The van der Waals surface area contributed by atoms with Crippen molar-refractivity contribution in [2.75, 3.05) is 45.1 Å². The first-order valence-electron chi connectivity index (χ1n) is 6.69. The van der Waals surface area contributed by atoms with Crippen LogP contribution >= 0.6 is 23.4 Å². The van der Waals surface area contributed by atoms with Crippen LogP contribution in [0.3, 0.4) is 0 Å². The Morgan fingerprint density at radius 3 is 2.70 bits per heavy atom. The van der Waals surface area contributed by atoms with Crippen molar-refractivity contribution in [1.82, 2.24) is 10.2 Å². The molecule has 0 saturated carbocycles. The molecule has 0 unspecified atom stereocenters. The summed E-state index contributed by atoms with van der Waals surface area (Å²) in [6.07, 6.45) is 0. The van der Waals surface area contributed by atoms with E-state index in [0.717, 1.165) is 37.7 Å². The summed E-state index contributed by atoms with van der Waals surface area (Å²) in [5.41, 5.74) is 0. The fourth-order valence-electron chi connectivity index (χ4n) is 1.91. The number of hydrogen-bond donors (Lipinski definition) is 1. The number of nitrogens with zero attached hydrogens (tertiary/aromatic N) is 1. The molecule has 0 radical (unpaired) electrons. The van der Waals surface area contributed by atoms with Gasteiger partial charge in [0.25, 0.3) is 0 Å². The molecule has 2 rings (SSSR count). The van der Waals surface area contributed by atoms with Crippen molar-refractivity contribution in [2.24, 2.45) is 0 Å². The van der Waals surface area contributed by atoms with Gasteiger partial charge in [-0.25, -0.2) is 0 Å². The van der Waals surface area contributed by atoms with Gasteiger partial charge in [0.15, 0.2) is 0 Å². The van der Waals surface area contributed by atoms with E-state index < -0.39 is 0 Å². The number of benzene rings is 1. The van der Waals surface area contributed by atoms with Crippen LogP contribution in [-0.4, -0.2) is 56.0 Å². The van der Waals surface area contributed by atoms with Crippen LogP contribution in [-0.2, 0) is 9.53 Å². The van der Waals surface area contributed by atoms with Gasteiger partial charge in [0, 0.05) is 36.1 Å². The fourth-order valence-corrected chi connectivity index (χ4v) is 2.76. The molecule has 20 heavy (non-hydrogen) atoms. The average molecular weight is 315 g/mol. The number of morpholine rings is 1. The zero-order valence-electron chi connectivity index (χ0n) is 11.3. The molecule has 6 heteroatoms. The van der Waals surface area contributed by atoms with E-state index in [9.17, 15) is 4.79 Å². The first-order chi connectivity index (χ1) is 9.74. The summed E-state index contributed by atoms with van der Waals surface area (Å²) in [7, 11) is 0. The first-order valence-corrected chi connectivity index (χ1v) is 8.05. The third-order valence-electron chi connectivity index (χ3n) is 3.04. The molecule has 1 N–H and O–H groups in total. The summed E-state index contributed by atoms with van der Waals surface area (Å²) in [5.74, 6) is 0.503. The molecule has 0 aliphatic carbocycles. The van der Waals surface area contributed by atoms with Crippen LogP contribution < -0.4 is 5.32 Å². The first kappa shape index (κ1) is 15.6. The van der Waals surface area contributed by atoms with Crippen molar-refractivity contribution in [3.63, 3.8) is 0 Å². The number of carbonyl (C=O) groups is 1. The van der Waals surface area contributed by atoms with Crippen molar-refractivity contribution in [3.05, 3.63) is 29.3 Å². The highest BCUT2D eigenvalue weighted by molar-refractivity contribution is 8.00. The summed E-state index contributed by atoms with van der Waals surface area (Å²) in [4.78, 5) is 15.1. The highest BCUT2D eigenvalue weighted by Gasteiger charge is 2.10. The molecule has 0 bridgehead atoms. The highest BCUT2D eigenvalue weighted by atomic mass is 35.5. The summed E-state index contributed by atoms with van der Waals surface area (Å²) in [6, 6.07) is 7.52. The lowest BCUT2D eigenvalue weighted by Gasteiger charge is -2.26. The van der Waals surface area contributed by atoms with E-state index in [2.05, 4.69) is 10.2 Å². The lowest BCUT2D eigenvalue weighted by molar-refractivity contribution is -0.118. The molecule has 1 aromatic rings. The van der Waals surface area contributed by atoms with Crippen molar-refractivity contribution in [1.29, 1.82) is 0 Å². The highest BCUT2D eigenvalue weighted by Crippen LogP contribution is 2.19. The maximum Gasteiger partial charge on any atom is 0.230 e. The molecule has 4 nitrogen and oxygen atoms in total. The Morgan fingerprint density at radius 2 is 2.00 bits per heavy atom. The number of nitrogens with one attached hydrogen (secondary N) is 1. The SMILES string of the molecule is O=C(CSc1ccc(Cl)cc1)NCCN1CCOCC1. The van der Waals surface area contributed by atoms with E-state index in [1.807, 2.05) is 24.3 Å². The zero-order valence-corrected chi connectivity index (χ0v) is 12.9. The average Bonchev–Trinajstić information content (AvgIpc) is 2.48. The van der Waals surface area contributed by atoms with E-state index in [0.29, 0.717) is 17.3 Å². The standard InChI is InChI=1S/C14H19ClN2O2S/c15-12-1-3-13(4-2-12)20-11-14(18)16-5-6-17-7-9-19-10-8-17/h1-4H,5-11H2,(H,16,18). The van der Waals surface area contributed by atoms with Gasteiger partial charge in [0.1, 0.15) is 0 Å². The predicted molar refractivity (Wildman–Crippen MR) is 82.4 cm³/mol. The monoisotopic (exact) mass is 314 g/mol. The van der Waals surface area contributed by atoms with Crippen LogP contribution in [0.4, 0.5) is 0 Å². The van der Waals surface area contributed by atoms with Gasteiger partial charge >= 0.3 is 0 Å². The largest absolute Gasteiger partial charge is 0.379 e. The Hall–Kier alpha value is -0.750. The van der Waals surface area contributed by atoms with Crippen LogP contribution in [0.25, 0.3) is 0 Å². The third kappa shape index (κ3) is 5.71. The second kappa shape index (κ2) is 8.52. The number of ether oxygens (including phenoxy) is 1. The molecule has 1 aliphatic heterocycles. The van der Waals surface area contributed by atoms with Gasteiger partial charge in [-0.05, 0) is 24.3 Å². The molecular formula is C14H19ClN2O2S. The lowest BCUT2D eigenvalue weighted by Crippen LogP contribution is -2.41. The Bertz CT molecular complexity index is 422. The second-order valence-corrected chi connectivity index (χ2v) is 6.03. The quantitative estimate of drug-likeness (QED) is 0.814. The molecule has 0 atom stereocenters. The van der Waals surface area contributed by atoms with Gasteiger partial charge in [-0.2, -0.15) is 0 Å². The topological polar surface area (TPSA) is 41.6 Å².